The maximum Gasteiger partial charge on any atom is 0.244 e. The molecule has 0 aromatic carbocycles. The van der Waals surface area contributed by atoms with Crippen LogP contribution in [0.5, 0.6) is 5.88 Å². The summed E-state index contributed by atoms with van der Waals surface area (Å²) in [6, 6.07) is 8.17. The van der Waals surface area contributed by atoms with E-state index in [-0.39, 0.29) is 6.04 Å². The number of fused-ring (bicyclic) bond motifs is 2. The normalized spacial score (nSPS) is 22.2. The van der Waals surface area contributed by atoms with E-state index in [1.54, 1.807) is 17.8 Å². The molecule has 4 heterocycles. The summed E-state index contributed by atoms with van der Waals surface area (Å²) in [4.78, 5) is 12.4. The van der Waals surface area contributed by atoms with Crippen molar-refractivity contribution >= 4 is 22.5 Å². The topological polar surface area (TPSA) is 100 Å². The average molecular weight is 392 g/mol. The van der Waals surface area contributed by atoms with Crippen molar-refractivity contribution < 1.29 is 9.84 Å². The lowest BCUT2D eigenvalue weighted by molar-refractivity contribution is 0.0195. The Labute approximate surface area is 167 Å². The van der Waals surface area contributed by atoms with Crippen LogP contribution in [0.2, 0.25) is 0 Å². The lowest BCUT2D eigenvalue weighted by Gasteiger charge is -2.33. The van der Waals surface area contributed by atoms with Gasteiger partial charge in [0.2, 0.25) is 11.8 Å². The lowest BCUT2D eigenvalue weighted by atomic mass is 9.84. The van der Waals surface area contributed by atoms with Gasteiger partial charge in [-0.3, -0.25) is 4.98 Å². The molecule has 1 fully saturated rings. The zero-order valence-corrected chi connectivity index (χ0v) is 16.5. The Hall–Kier alpha value is -3.13. The highest BCUT2D eigenvalue weighted by atomic mass is 16.5. The van der Waals surface area contributed by atoms with Gasteiger partial charge in [-0.25, -0.2) is 4.52 Å². The number of anilines is 1. The SMILES string of the molecule is COc1nc(N[C@H]2CC[C@@](C)(O)CC2)nn2ccc(-c3cc4ncccc4[nH]3)c12. The predicted octanol–water partition coefficient (Wildman–Crippen LogP) is 3.39. The summed E-state index contributed by atoms with van der Waals surface area (Å²) in [6.07, 6.45) is 7.00. The third-order valence-corrected chi connectivity index (χ3v) is 5.75. The first-order chi connectivity index (χ1) is 14.0. The van der Waals surface area contributed by atoms with Crippen LogP contribution in [0.4, 0.5) is 5.95 Å². The minimum Gasteiger partial charge on any atom is -0.479 e. The van der Waals surface area contributed by atoms with Crippen LogP contribution >= 0.6 is 0 Å². The zero-order chi connectivity index (χ0) is 20.0. The van der Waals surface area contributed by atoms with E-state index in [9.17, 15) is 5.11 Å². The van der Waals surface area contributed by atoms with Crippen LogP contribution in [0.25, 0.3) is 27.8 Å². The maximum atomic E-state index is 10.2. The smallest absolute Gasteiger partial charge is 0.244 e. The van der Waals surface area contributed by atoms with E-state index >= 15 is 0 Å². The van der Waals surface area contributed by atoms with Gasteiger partial charge in [0.1, 0.15) is 5.52 Å². The van der Waals surface area contributed by atoms with Gasteiger partial charge in [0, 0.05) is 24.0 Å². The molecular weight excluding hydrogens is 368 g/mol. The number of rotatable bonds is 4. The van der Waals surface area contributed by atoms with Gasteiger partial charge in [0.25, 0.3) is 0 Å². The van der Waals surface area contributed by atoms with E-state index in [1.165, 1.54) is 0 Å². The summed E-state index contributed by atoms with van der Waals surface area (Å²) < 4.78 is 7.40. The van der Waals surface area contributed by atoms with E-state index in [0.29, 0.717) is 11.8 Å². The highest BCUT2D eigenvalue weighted by Crippen LogP contribution is 2.33. The third kappa shape index (κ3) is 3.29. The number of nitrogens with zero attached hydrogens (tertiary/aromatic N) is 4. The van der Waals surface area contributed by atoms with Crippen LogP contribution in [0.15, 0.2) is 36.7 Å². The largest absolute Gasteiger partial charge is 0.479 e. The standard InChI is InChI=1S/C21H24N6O2/c1-21(28)8-5-13(6-9-21)23-20-25-19(29-2)18-14(7-11-27(18)26-20)16-12-17-15(24-16)4-3-10-22-17/h3-4,7,10-13,24,28H,5-6,8-9H2,1-2H3,(H,23,26)/t13-,21+. The molecule has 3 N–H and O–H groups in total. The fraction of sp³-hybridized carbons (Fsp3) is 0.381. The molecule has 0 aliphatic heterocycles. The third-order valence-electron chi connectivity index (χ3n) is 5.75. The second-order valence-corrected chi connectivity index (χ2v) is 8.00. The Morgan fingerprint density at radius 1 is 1.31 bits per heavy atom. The van der Waals surface area contributed by atoms with E-state index in [0.717, 1.165) is 53.5 Å². The Morgan fingerprint density at radius 3 is 2.90 bits per heavy atom. The van der Waals surface area contributed by atoms with Crippen molar-refractivity contribution in [3.63, 3.8) is 0 Å². The van der Waals surface area contributed by atoms with Crippen LogP contribution in [0.1, 0.15) is 32.6 Å². The average Bonchev–Trinajstić information content (AvgIpc) is 3.32. The predicted molar refractivity (Wildman–Crippen MR) is 111 cm³/mol. The first-order valence-electron chi connectivity index (χ1n) is 9.89. The molecule has 0 unspecified atom stereocenters. The summed E-state index contributed by atoms with van der Waals surface area (Å²) in [5.74, 6) is 1.04. The van der Waals surface area contributed by atoms with Crippen LogP contribution in [0, 0.1) is 0 Å². The number of H-pyrrole nitrogens is 1. The van der Waals surface area contributed by atoms with Crippen LogP contribution in [-0.4, -0.2) is 48.4 Å². The Morgan fingerprint density at radius 2 is 2.14 bits per heavy atom. The summed E-state index contributed by atoms with van der Waals surface area (Å²) in [5.41, 5.74) is 4.03. The van der Waals surface area contributed by atoms with Crippen molar-refractivity contribution in [3.05, 3.63) is 36.7 Å². The van der Waals surface area contributed by atoms with Crippen molar-refractivity contribution in [2.24, 2.45) is 0 Å². The molecule has 5 rings (SSSR count). The van der Waals surface area contributed by atoms with Gasteiger partial charge in [-0.05, 0) is 56.9 Å². The monoisotopic (exact) mass is 392 g/mol. The first-order valence-corrected chi connectivity index (χ1v) is 9.89. The molecule has 0 atom stereocenters. The second kappa shape index (κ2) is 6.73. The fourth-order valence-corrected chi connectivity index (χ4v) is 4.08. The molecule has 8 heteroatoms. The minimum atomic E-state index is -0.565. The second-order valence-electron chi connectivity index (χ2n) is 8.00. The zero-order valence-electron chi connectivity index (χ0n) is 16.5. The van der Waals surface area contributed by atoms with Crippen LogP contribution in [-0.2, 0) is 0 Å². The van der Waals surface area contributed by atoms with Gasteiger partial charge in [-0.2, -0.15) is 4.98 Å². The van der Waals surface area contributed by atoms with Gasteiger partial charge < -0.3 is 20.1 Å². The Balaban J connectivity index is 1.49. The van der Waals surface area contributed by atoms with Gasteiger partial charge in [0.15, 0.2) is 0 Å². The van der Waals surface area contributed by atoms with E-state index < -0.39 is 5.60 Å². The quantitative estimate of drug-likeness (QED) is 0.492. The minimum absolute atomic E-state index is 0.243. The molecule has 1 aliphatic rings. The molecule has 0 amide bonds. The molecule has 0 radical (unpaired) electrons. The summed E-state index contributed by atoms with van der Waals surface area (Å²) >= 11 is 0. The number of hydrogen-bond acceptors (Lipinski definition) is 6. The summed E-state index contributed by atoms with van der Waals surface area (Å²) in [7, 11) is 1.62. The maximum absolute atomic E-state index is 10.2. The highest BCUT2D eigenvalue weighted by Gasteiger charge is 2.29. The van der Waals surface area contributed by atoms with Crippen molar-refractivity contribution in [1.29, 1.82) is 0 Å². The highest BCUT2D eigenvalue weighted by molar-refractivity contribution is 5.89. The number of methoxy groups -OCH3 is 1. The molecule has 8 nitrogen and oxygen atoms in total. The molecule has 4 aromatic heterocycles. The van der Waals surface area contributed by atoms with Crippen LogP contribution < -0.4 is 10.1 Å². The van der Waals surface area contributed by atoms with Gasteiger partial charge in [-0.15, -0.1) is 5.10 Å². The fourth-order valence-electron chi connectivity index (χ4n) is 4.08. The number of hydrogen-bond donors (Lipinski definition) is 3. The number of aromatic amines is 1. The van der Waals surface area contributed by atoms with E-state index in [2.05, 4.69) is 25.4 Å². The number of nitrogens with one attached hydrogen (secondary N) is 2. The molecule has 0 bridgehead atoms. The number of aromatic nitrogens is 5. The lowest BCUT2D eigenvalue weighted by Crippen LogP contribution is -2.36. The molecule has 1 aliphatic carbocycles. The molecule has 4 aromatic rings. The molecule has 29 heavy (non-hydrogen) atoms. The number of aliphatic hydroxyl groups is 1. The molecule has 0 saturated heterocycles. The van der Waals surface area contributed by atoms with Crippen molar-refractivity contribution in [3.8, 4) is 17.1 Å². The molecule has 150 valence electrons. The van der Waals surface area contributed by atoms with Crippen LogP contribution in [0.3, 0.4) is 0 Å². The molecule has 0 spiro atoms. The van der Waals surface area contributed by atoms with Crippen molar-refractivity contribution in [2.45, 2.75) is 44.2 Å². The summed E-state index contributed by atoms with van der Waals surface area (Å²) in [5, 5.41) is 18.2. The number of ether oxygens (including phenoxy) is 1. The first kappa shape index (κ1) is 17.9. The van der Waals surface area contributed by atoms with Crippen molar-refractivity contribution in [2.75, 3.05) is 12.4 Å². The van der Waals surface area contributed by atoms with E-state index in [1.807, 2.05) is 37.4 Å². The van der Waals surface area contributed by atoms with Crippen molar-refractivity contribution in [1.82, 2.24) is 24.6 Å². The Kier molecular flexibility index (Phi) is 4.16. The van der Waals surface area contributed by atoms with E-state index in [4.69, 9.17) is 4.74 Å². The van der Waals surface area contributed by atoms with Gasteiger partial charge in [-0.1, -0.05) is 0 Å². The molecular formula is C21H24N6O2. The van der Waals surface area contributed by atoms with Gasteiger partial charge >= 0.3 is 0 Å². The molecule has 1 saturated carbocycles. The summed E-state index contributed by atoms with van der Waals surface area (Å²) in [6.45, 7) is 1.90. The number of pyridine rings is 1. The van der Waals surface area contributed by atoms with Gasteiger partial charge in [0.05, 0.1) is 29.4 Å². The Bertz CT molecular complexity index is 1140.